The van der Waals surface area contributed by atoms with Gasteiger partial charge in [-0.2, -0.15) is 0 Å². The van der Waals surface area contributed by atoms with E-state index in [0.29, 0.717) is 0 Å². The molecule has 1 aliphatic rings. The van der Waals surface area contributed by atoms with Crippen molar-refractivity contribution in [1.29, 1.82) is 0 Å². The summed E-state index contributed by atoms with van der Waals surface area (Å²) in [5.41, 5.74) is 5.32. The Balaban J connectivity index is 3.09. The Kier molecular flexibility index (Phi) is 2.75. The molecule has 1 heterocycles. The minimum Gasteiger partial charge on any atom is -0.479 e. The van der Waals surface area contributed by atoms with E-state index in [-0.39, 0.29) is 10.7 Å². The van der Waals surface area contributed by atoms with Crippen LogP contribution in [-0.2, 0) is 4.79 Å². The van der Waals surface area contributed by atoms with E-state index in [4.69, 9.17) is 45.6 Å². The minimum atomic E-state index is -1.51. The number of carbonyl (C=O) groups is 1. The van der Waals surface area contributed by atoms with Gasteiger partial charge in [0, 0.05) is 6.21 Å². The molecule has 0 aliphatic carbocycles. The molecule has 1 aliphatic heterocycles. The summed E-state index contributed by atoms with van der Waals surface area (Å²) in [6.45, 7) is 0. The number of aliphatic imine (C=N–C) groups is 1. The molecule has 1 atom stereocenters. The quantitative estimate of drug-likeness (QED) is 0.677. The van der Waals surface area contributed by atoms with Gasteiger partial charge in [0.25, 0.3) is 0 Å². The summed E-state index contributed by atoms with van der Waals surface area (Å²) in [4.78, 5) is 14.1. The average Bonchev–Trinajstić information content (AvgIpc) is 2.00. The van der Waals surface area contributed by atoms with Crippen LogP contribution in [0.4, 0.5) is 0 Å². The molecule has 0 fully saturated rings. The molecule has 0 aromatic heterocycles. The van der Waals surface area contributed by atoms with Crippen LogP contribution in [0.25, 0.3) is 0 Å². The number of hydrogen-bond acceptors (Lipinski definition) is 3. The van der Waals surface area contributed by atoms with Gasteiger partial charge in [0.2, 0.25) is 0 Å². The van der Waals surface area contributed by atoms with Crippen LogP contribution in [0.3, 0.4) is 0 Å². The number of dihydropyridines is 1. The Morgan fingerprint density at radius 2 is 2.23 bits per heavy atom. The van der Waals surface area contributed by atoms with Gasteiger partial charge in [-0.05, 0) is 0 Å². The molecule has 4 nitrogen and oxygen atoms in total. The van der Waals surface area contributed by atoms with E-state index in [1.165, 1.54) is 0 Å². The first-order valence-electron chi connectivity index (χ1n) is 3.17. The lowest BCUT2D eigenvalue weighted by molar-refractivity contribution is -0.137. The third-order valence-electron chi connectivity index (χ3n) is 1.48. The van der Waals surface area contributed by atoms with Crippen LogP contribution < -0.4 is 5.73 Å². The number of nitrogens with zero attached hydrogens (tertiary/aromatic N) is 1. The van der Waals surface area contributed by atoms with Crippen molar-refractivity contribution in [3.05, 3.63) is 10.7 Å². The zero-order chi connectivity index (χ0) is 10.2. The summed E-state index contributed by atoms with van der Waals surface area (Å²) < 4.78 is -1.51. The Bertz CT molecular complexity index is 311. The number of rotatable bonds is 1. The van der Waals surface area contributed by atoms with E-state index < -0.39 is 16.3 Å². The number of allylic oxidation sites excluding steroid dienone is 1. The van der Waals surface area contributed by atoms with Crippen molar-refractivity contribution in [3.63, 3.8) is 0 Å². The summed E-state index contributed by atoms with van der Waals surface area (Å²) in [7, 11) is 0. The second kappa shape index (κ2) is 3.36. The van der Waals surface area contributed by atoms with Crippen LogP contribution >= 0.6 is 34.8 Å². The van der Waals surface area contributed by atoms with E-state index in [0.717, 1.165) is 6.21 Å². The van der Waals surface area contributed by atoms with Gasteiger partial charge in [0.05, 0.1) is 10.7 Å². The van der Waals surface area contributed by atoms with E-state index in [9.17, 15) is 4.79 Å². The highest BCUT2D eigenvalue weighted by atomic mass is 35.5. The van der Waals surface area contributed by atoms with Crippen LogP contribution in [0.2, 0.25) is 0 Å². The summed E-state index contributed by atoms with van der Waals surface area (Å²) in [5.74, 6) is -1.20. The molecule has 0 saturated carbocycles. The largest absolute Gasteiger partial charge is 0.479 e. The first-order valence-corrected chi connectivity index (χ1v) is 4.30. The van der Waals surface area contributed by atoms with Crippen molar-refractivity contribution in [3.8, 4) is 0 Å². The molecule has 0 spiro atoms. The molecule has 1 unspecified atom stereocenters. The van der Waals surface area contributed by atoms with Crippen LogP contribution in [0.15, 0.2) is 15.7 Å². The second-order valence-corrected chi connectivity index (χ2v) is 4.20. The maximum absolute atomic E-state index is 10.5. The van der Waals surface area contributed by atoms with E-state index in [1.807, 2.05) is 0 Å². The van der Waals surface area contributed by atoms with Crippen LogP contribution in [0.1, 0.15) is 0 Å². The summed E-state index contributed by atoms with van der Waals surface area (Å²) in [5, 5.41) is 8.47. The lowest BCUT2D eigenvalue weighted by atomic mass is 10.1. The van der Waals surface area contributed by atoms with Crippen molar-refractivity contribution in [1.82, 2.24) is 0 Å². The molecular weight excluding hydrogens is 238 g/mol. The Labute approximate surface area is 89.0 Å². The first kappa shape index (κ1) is 10.6. The van der Waals surface area contributed by atoms with Gasteiger partial charge in [0.15, 0.2) is 10.4 Å². The van der Waals surface area contributed by atoms with Gasteiger partial charge in [-0.15, -0.1) is 0 Å². The van der Waals surface area contributed by atoms with E-state index in [2.05, 4.69) is 4.99 Å². The third kappa shape index (κ3) is 1.90. The van der Waals surface area contributed by atoms with Crippen LogP contribution in [-0.4, -0.2) is 27.7 Å². The molecule has 7 heteroatoms. The molecule has 3 N–H and O–H groups in total. The van der Waals surface area contributed by atoms with Crippen molar-refractivity contribution >= 4 is 47.0 Å². The molecule has 0 radical (unpaired) electrons. The lowest BCUT2D eigenvalue weighted by Crippen LogP contribution is -2.35. The number of carboxylic acid groups (broad SMARTS) is 1. The standard InChI is InChI=1S/C6H5Cl3N2O2/c7-2-3(5(12)13)11-1-6(8,9)4(2)10/h1,3H,10H2,(H,12,13). The fourth-order valence-electron chi connectivity index (χ4n) is 0.782. The first-order chi connectivity index (χ1) is 5.86. The number of halogens is 3. The number of alkyl halides is 2. The monoisotopic (exact) mass is 242 g/mol. The summed E-state index contributed by atoms with van der Waals surface area (Å²) in [6, 6.07) is -1.20. The molecular formula is C6H5Cl3N2O2. The van der Waals surface area contributed by atoms with Gasteiger partial charge >= 0.3 is 5.97 Å². The highest BCUT2D eigenvalue weighted by molar-refractivity contribution is 6.59. The molecule has 72 valence electrons. The number of hydrogen-bond donors (Lipinski definition) is 2. The van der Waals surface area contributed by atoms with Gasteiger partial charge in [-0.25, -0.2) is 4.79 Å². The molecule has 0 aromatic carbocycles. The smallest absolute Gasteiger partial charge is 0.334 e. The van der Waals surface area contributed by atoms with Gasteiger partial charge in [-0.3, -0.25) is 4.99 Å². The normalized spacial score (nSPS) is 26.2. The highest BCUT2D eigenvalue weighted by Gasteiger charge is 2.36. The van der Waals surface area contributed by atoms with Gasteiger partial charge < -0.3 is 10.8 Å². The lowest BCUT2D eigenvalue weighted by Gasteiger charge is -2.23. The predicted octanol–water partition coefficient (Wildman–Crippen LogP) is 1.11. The second-order valence-electron chi connectivity index (χ2n) is 2.40. The van der Waals surface area contributed by atoms with Crippen molar-refractivity contribution < 1.29 is 9.90 Å². The molecule has 13 heavy (non-hydrogen) atoms. The number of carboxylic acids is 1. The number of aliphatic carboxylic acids is 1. The predicted molar refractivity (Wildman–Crippen MR) is 51.4 cm³/mol. The third-order valence-corrected chi connectivity index (χ3v) is 2.49. The molecule has 0 amide bonds. The van der Waals surface area contributed by atoms with Crippen molar-refractivity contribution in [2.75, 3.05) is 0 Å². The SMILES string of the molecule is NC1=C(Cl)C(C(=O)O)N=CC1(Cl)Cl. The van der Waals surface area contributed by atoms with Crippen LogP contribution in [0, 0.1) is 0 Å². The fourth-order valence-corrected chi connectivity index (χ4v) is 1.49. The fraction of sp³-hybridized carbons (Fsp3) is 0.333. The zero-order valence-corrected chi connectivity index (χ0v) is 8.44. The summed E-state index contributed by atoms with van der Waals surface area (Å²) in [6.07, 6.45) is 1.05. The average molecular weight is 243 g/mol. The maximum Gasteiger partial charge on any atom is 0.334 e. The van der Waals surface area contributed by atoms with Crippen molar-refractivity contribution in [2.45, 2.75) is 10.4 Å². The van der Waals surface area contributed by atoms with E-state index >= 15 is 0 Å². The highest BCUT2D eigenvalue weighted by Crippen LogP contribution is 2.33. The topological polar surface area (TPSA) is 75.7 Å². The Hall–Kier alpha value is -0.450. The Morgan fingerprint density at radius 3 is 2.69 bits per heavy atom. The van der Waals surface area contributed by atoms with Crippen molar-refractivity contribution in [2.24, 2.45) is 10.7 Å². The summed E-state index contributed by atoms with van der Waals surface area (Å²) >= 11 is 16.9. The molecule has 1 rings (SSSR count). The zero-order valence-electron chi connectivity index (χ0n) is 6.17. The Morgan fingerprint density at radius 1 is 1.69 bits per heavy atom. The van der Waals surface area contributed by atoms with Gasteiger partial charge in [0.1, 0.15) is 0 Å². The maximum atomic E-state index is 10.5. The van der Waals surface area contributed by atoms with Crippen LogP contribution in [0.5, 0.6) is 0 Å². The van der Waals surface area contributed by atoms with E-state index in [1.54, 1.807) is 0 Å². The molecule has 0 bridgehead atoms. The molecule has 0 aromatic rings. The number of nitrogens with two attached hydrogens (primary N) is 1. The minimum absolute atomic E-state index is 0.0973. The molecule has 0 saturated heterocycles. The van der Waals surface area contributed by atoms with Gasteiger partial charge in [-0.1, -0.05) is 34.8 Å².